The first kappa shape index (κ1) is 18.7. The van der Waals surface area contributed by atoms with E-state index in [2.05, 4.69) is 63.2 Å². The van der Waals surface area contributed by atoms with Gasteiger partial charge in [-0.2, -0.15) is 10.2 Å². The zero-order valence-electron chi connectivity index (χ0n) is 16.0. The lowest BCUT2D eigenvalue weighted by molar-refractivity contribution is 0.570. The summed E-state index contributed by atoms with van der Waals surface area (Å²) in [6, 6.07) is 10.3. The molecule has 3 rings (SSSR count). The molecule has 0 radical (unpaired) electrons. The molecule has 0 saturated carbocycles. The molecule has 0 spiro atoms. The molecule has 0 aliphatic carbocycles. The Bertz CT molecular complexity index is 849. The Labute approximate surface area is 160 Å². The highest BCUT2D eigenvalue weighted by Gasteiger charge is 2.04. The van der Waals surface area contributed by atoms with Crippen molar-refractivity contribution in [1.29, 1.82) is 0 Å². The van der Waals surface area contributed by atoms with Gasteiger partial charge in [0.2, 0.25) is 0 Å². The normalized spacial score (nSPS) is 11.6. The van der Waals surface area contributed by atoms with Crippen LogP contribution in [0.1, 0.15) is 23.1 Å². The summed E-state index contributed by atoms with van der Waals surface area (Å²) in [7, 11) is 1.79. The summed E-state index contributed by atoms with van der Waals surface area (Å²) >= 11 is 0. The third kappa shape index (κ3) is 5.70. The zero-order valence-corrected chi connectivity index (χ0v) is 16.0. The van der Waals surface area contributed by atoms with Gasteiger partial charge in [-0.1, -0.05) is 24.3 Å². The van der Waals surface area contributed by atoms with Gasteiger partial charge in [0.25, 0.3) is 0 Å². The molecular weight excluding hydrogens is 338 g/mol. The lowest BCUT2D eigenvalue weighted by atomic mass is 10.1. The van der Waals surface area contributed by atoms with E-state index < -0.39 is 0 Å². The molecule has 142 valence electrons. The van der Waals surface area contributed by atoms with Crippen LogP contribution in [0.5, 0.6) is 0 Å². The van der Waals surface area contributed by atoms with Crippen molar-refractivity contribution in [3.05, 3.63) is 71.8 Å². The second-order valence-electron chi connectivity index (χ2n) is 6.46. The number of aromatic nitrogens is 4. The minimum atomic E-state index is 0.718. The largest absolute Gasteiger partial charge is 0.356 e. The predicted molar refractivity (Wildman–Crippen MR) is 108 cm³/mol. The minimum Gasteiger partial charge on any atom is -0.356 e. The topological polar surface area (TPSA) is 72.1 Å². The molecule has 1 aromatic carbocycles. The van der Waals surface area contributed by atoms with Crippen molar-refractivity contribution in [3.63, 3.8) is 0 Å². The minimum absolute atomic E-state index is 0.718. The molecule has 0 aliphatic heterocycles. The van der Waals surface area contributed by atoms with Crippen molar-refractivity contribution in [2.75, 3.05) is 13.6 Å². The third-order valence-electron chi connectivity index (χ3n) is 4.30. The smallest absolute Gasteiger partial charge is 0.191 e. The van der Waals surface area contributed by atoms with E-state index >= 15 is 0 Å². The van der Waals surface area contributed by atoms with Gasteiger partial charge >= 0.3 is 0 Å². The molecule has 0 fully saturated rings. The summed E-state index contributed by atoms with van der Waals surface area (Å²) in [5, 5.41) is 15.4. The maximum atomic E-state index is 4.31. The summed E-state index contributed by atoms with van der Waals surface area (Å²) in [4.78, 5) is 4.31. The van der Waals surface area contributed by atoms with E-state index in [0.29, 0.717) is 0 Å². The van der Waals surface area contributed by atoms with Crippen molar-refractivity contribution in [2.24, 2.45) is 4.99 Å². The number of aliphatic imine (C=N–C) groups is 1. The second-order valence-corrected chi connectivity index (χ2v) is 6.46. The van der Waals surface area contributed by atoms with E-state index in [9.17, 15) is 0 Å². The number of rotatable bonds is 8. The average Bonchev–Trinajstić information content (AvgIpc) is 3.34. The SMILES string of the molecule is CN=C(NCCCn1cc(C)cn1)NCc1ccccc1Cn1cccn1. The number of guanidine groups is 1. The maximum Gasteiger partial charge on any atom is 0.191 e. The fourth-order valence-corrected chi connectivity index (χ4v) is 2.89. The van der Waals surface area contributed by atoms with Crippen molar-refractivity contribution in [1.82, 2.24) is 30.2 Å². The molecule has 2 heterocycles. The van der Waals surface area contributed by atoms with E-state index in [4.69, 9.17) is 0 Å². The number of hydrogen-bond acceptors (Lipinski definition) is 3. The van der Waals surface area contributed by atoms with Crippen LogP contribution in [-0.2, 0) is 19.6 Å². The van der Waals surface area contributed by atoms with Gasteiger partial charge in [-0.15, -0.1) is 0 Å². The predicted octanol–water partition coefficient (Wildman–Crippen LogP) is 2.19. The third-order valence-corrected chi connectivity index (χ3v) is 4.30. The van der Waals surface area contributed by atoms with E-state index in [0.717, 1.165) is 38.6 Å². The van der Waals surface area contributed by atoms with Crippen LogP contribution in [0.25, 0.3) is 0 Å². The van der Waals surface area contributed by atoms with Gasteiger partial charge in [0, 0.05) is 45.3 Å². The number of nitrogens with zero attached hydrogens (tertiary/aromatic N) is 5. The van der Waals surface area contributed by atoms with Crippen LogP contribution in [0.15, 0.2) is 60.1 Å². The van der Waals surface area contributed by atoms with E-state index in [1.165, 1.54) is 16.7 Å². The lowest BCUT2D eigenvalue weighted by Crippen LogP contribution is -2.37. The van der Waals surface area contributed by atoms with Crippen molar-refractivity contribution in [2.45, 2.75) is 33.0 Å². The molecule has 0 saturated heterocycles. The van der Waals surface area contributed by atoms with Gasteiger partial charge in [0.1, 0.15) is 0 Å². The van der Waals surface area contributed by atoms with Crippen LogP contribution in [0.3, 0.4) is 0 Å². The quantitative estimate of drug-likeness (QED) is 0.365. The van der Waals surface area contributed by atoms with E-state index in [-0.39, 0.29) is 0 Å². The molecule has 0 bridgehead atoms. The number of hydrogen-bond donors (Lipinski definition) is 2. The van der Waals surface area contributed by atoms with Crippen molar-refractivity contribution in [3.8, 4) is 0 Å². The van der Waals surface area contributed by atoms with Crippen molar-refractivity contribution >= 4 is 5.96 Å². The Morgan fingerprint density at radius 1 is 1.07 bits per heavy atom. The van der Waals surface area contributed by atoms with Crippen LogP contribution in [-0.4, -0.2) is 39.1 Å². The first-order valence-electron chi connectivity index (χ1n) is 9.22. The average molecular weight is 365 g/mol. The van der Waals surface area contributed by atoms with Gasteiger partial charge < -0.3 is 10.6 Å². The highest BCUT2D eigenvalue weighted by atomic mass is 15.3. The Morgan fingerprint density at radius 2 is 1.93 bits per heavy atom. The highest BCUT2D eigenvalue weighted by Crippen LogP contribution is 2.10. The van der Waals surface area contributed by atoms with Crippen LogP contribution in [0.4, 0.5) is 0 Å². The van der Waals surface area contributed by atoms with Gasteiger partial charge in [-0.3, -0.25) is 14.4 Å². The monoisotopic (exact) mass is 365 g/mol. The lowest BCUT2D eigenvalue weighted by Gasteiger charge is -2.14. The van der Waals surface area contributed by atoms with Crippen LogP contribution in [0.2, 0.25) is 0 Å². The van der Waals surface area contributed by atoms with E-state index in [1.807, 2.05) is 27.8 Å². The van der Waals surface area contributed by atoms with Gasteiger partial charge in [-0.25, -0.2) is 0 Å². The summed E-state index contributed by atoms with van der Waals surface area (Å²) in [6.45, 7) is 5.27. The van der Waals surface area contributed by atoms with Crippen molar-refractivity contribution < 1.29 is 0 Å². The second kappa shape index (κ2) is 9.56. The summed E-state index contributed by atoms with van der Waals surface area (Å²) < 4.78 is 3.90. The van der Waals surface area contributed by atoms with Crippen LogP contribution >= 0.6 is 0 Å². The highest BCUT2D eigenvalue weighted by molar-refractivity contribution is 5.79. The summed E-state index contributed by atoms with van der Waals surface area (Å²) in [5.41, 5.74) is 3.68. The molecule has 2 N–H and O–H groups in total. The molecule has 3 aromatic rings. The summed E-state index contributed by atoms with van der Waals surface area (Å²) in [6.07, 6.45) is 8.71. The molecule has 0 atom stereocenters. The first-order valence-corrected chi connectivity index (χ1v) is 9.22. The first-order chi connectivity index (χ1) is 13.2. The Morgan fingerprint density at radius 3 is 2.63 bits per heavy atom. The Balaban J connectivity index is 1.46. The zero-order chi connectivity index (χ0) is 18.9. The summed E-state index contributed by atoms with van der Waals surface area (Å²) in [5.74, 6) is 0.806. The number of nitrogens with one attached hydrogen (secondary N) is 2. The molecule has 27 heavy (non-hydrogen) atoms. The molecular formula is C20H27N7. The molecule has 7 heteroatoms. The van der Waals surface area contributed by atoms with Crippen LogP contribution in [0, 0.1) is 6.92 Å². The number of benzene rings is 1. The van der Waals surface area contributed by atoms with E-state index in [1.54, 1.807) is 13.2 Å². The molecule has 0 aliphatic rings. The van der Waals surface area contributed by atoms with Gasteiger partial charge in [0.05, 0.1) is 12.7 Å². The molecule has 0 amide bonds. The van der Waals surface area contributed by atoms with Crippen LogP contribution < -0.4 is 10.6 Å². The molecule has 2 aromatic heterocycles. The molecule has 7 nitrogen and oxygen atoms in total. The number of aryl methyl sites for hydroxylation is 2. The fraction of sp³-hybridized carbons (Fsp3) is 0.350. The Hall–Kier alpha value is -3.09. The standard InChI is InChI=1S/C20H27N7/c1-17-13-25-26(15-17)11-5-9-22-20(21-2)23-14-18-7-3-4-8-19(18)16-27-12-6-10-24-27/h3-4,6-8,10,12-13,15H,5,9,11,14,16H2,1-2H3,(H2,21,22,23). The fourth-order valence-electron chi connectivity index (χ4n) is 2.89. The molecule has 0 unspecified atom stereocenters. The Kier molecular flexibility index (Phi) is 6.62. The maximum absolute atomic E-state index is 4.31. The van der Waals surface area contributed by atoms with Gasteiger partial charge in [0.15, 0.2) is 5.96 Å². The van der Waals surface area contributed by atoms with Gasteiger partial charge in [-0.05, 0) is 36.1 Å².